The van der Waals surface area contributed by atoms with E-state index in [1.807, 2.05) is 91.0 Å². The summed E-state index contributed by atoms with van der Waals surface area (Å²) in [5, 5.41) is 0. The molecule has 3 aliphatic heterocycles. The number of ether oxygens (including phenoxy) is 6. The van der Waals surface area contributed by atoms with E-state index in [0.717, 1.165) is 37.1 Å². The van der Waals surface area contributed by atoms with E-state index in [1.54, 1.807) is 0 Å². The highest BCUT2D eigenvalue weighted by Gasteiger charge is 2.24. The number of para-hydroxylation sites is 3. The molecule has 3 unspecified atom stereocenters. The van der Waals surface area contributed by atoms with Gasteiger partial charge >= 0.3 is 0 Å². The second kappa shape index (κ2) is 20.8. The summed E-state index contributed by atoms with van der Waals surface area (Å²) in [4.78, 5) is 0. The van der Waals surface area contributed by atoms with Crippen molar-refractivity contribution in [1.29, 1.82) is 0 Å². The Hall–Kier alpha value is -3.06. The smallest absolute Gasteiger partial charge is 0.119 e. The Kier molecular flexibility index (Phi) is 17.2. The number of rotatable bonds is 9. The Bertz CT molecular complexity index is 802. The van der Waals surface area contributed by atoms with Gasteiger partial charge in [0.1, 0.15) is 55.4 Å². The molecule has 0 radical (unpaired) electrons. The average Bonchev–Trinajstić information content (AvgIpc) is 3.84. The molecule has 6 nitrogen and oxygen atoms in total. The van der Waals surface area contributed by atoms with Gasteiger partial charge in [-0.05, 0) is 36.4 Å². The summed E-state index contributed by atoms with van der Waals surface area (Å²) in [6, 6.07) is 29.4. The Morgan fingerprint density at radius 1 is 0.462 bits per heavy atom. The molecular formula is C33H46O6. The molecule has 3 atom stereocenters. The highest BCUT2D eigenvalue weighted by Crippen LogP contribution is 2.15. The molecule has 0 N–H and O–H groups in total. The van der Waals surface area contributed by atoms with E-state index in [-0.39, 0.29) is 0 Å². The summed E-state index contributed by atoms with van der Waals surface area (Å²) in [6.45, 7) is 13.1. The van der Waals surface area contributed by atoms with Crippen LogP contribution in [0, 0.1) is 0 Å². The predicted octanol–water partition coefficient (Wildman–Crippen LogP) is 7.23. The first-order valence-corrected chi connectivity index (χ1v) is 14.1. The van der Waals surface area contributed by atoms with Crippen LogP contribution in [0.3, 0.4) is 0 Å². The summed E-state index contributed by atoms with van der Waals surface area (Å²) >= 11 is 0. The summed E-state index contributed by atoms with van der Waals surface area (Å²) < 4.78 is 31.2. The van der Waals surface area contributed by atoms with Crippen molar-refractivity contribution < 1.29 is 28.4 Å². The van der Waals surface area contributed by atoms with Crippen LogP contribution in [0.1, 0.15) is 40.5 Å². The fraction of sp³-hybridized carbons (Fsp3) is 0.455. The highest BCUT2D eigenvalue weighted by molar-refractivity contribution is 5.22. The van der Waals surface area contributed by atoms with Crippen molar-refractivity contribution in [3.05, 3.63) is 91.0 Å². The van der Waals surface area contributed by atoms with Gasteiger partial charge in [-0.1, -0.05) is 95.1 Å². The molecule has 6 rings (SSSR count). The molecule has 214 valence electrons. The first-order chi connectivity index (χ1) is 19.2. The average molecular weight is 539 g/mol. The van der Waals surface area contributed by atoms with E-state index >= 15 is 0 Å². The summed E-state index contributed by atoms with van der Waals surface area (Å²) in [6.07, 6.45) is 3.53. The van der Waals surface area contributed by atoms with Crippen LogP contribution in [0.15, 0.2) is 91.0 Å². The second-order valence-corrected chi connectivity index (χ2v) is 9.15. The first kappa shape index (κ1) is 32.2. The third-order valence-corrected chi connectivity index (χ3v) is 4.74. The highest BCUT2D eigenvalue weighted by atomic mass is 16.6. The van der Waals surface area contributed by atoms with Crippen molar-refractivity contribution in [1.82, 2.24) is 0 Å². The molecule has 3 heterocycles. The van der Waals surface area contributed by atoms with Crippen LogP contribution in [0.25, 0.3) is 0 Å². The fourth-order valence-electron chi connectivity index (χ4n) is 2.61. The molecule has 0 aliphatic carbocycles. The summed E-state index contributed by atoms with van der Waals surface area (Å²) in [7, 11) is 0. The number of hydrogen-bond donors (Lipinski definition) is 0. The Labute approximate surface area is 235 Å². The predicted molar refractivity (Wildman–Crippen MR) is 157 cm³/mol. The lowest BCUT2D eigenvalue weighted by Gasteiger charge is -2.01. The molecule has 3 fully saturated rings. The van der Waals surface area contributed by atoms with Gasteiger partial charge in [0.15, 0.2) is 0 Å². The molecule has 3 aromatic carbocycles. The van der Waals surface area contributed by atoms with E-state index in [4.69, 9.17) is 28.4 Å². The molecule has 0 spiro atoms. The first-order valence-electron chi connectivity index (χ1n) is 14.1. The summed E-state index contributed by atoms with van der Waals surface area (Å²) in [5.74, 6) is 2.76. The molecule has 3 aliphatic rings. The molecule has 0 bridgehead atoms. The van der Waals surface area contributed by atoms with Crippen molar-refractivity contribution in [3.63, 3.8) is 0 Å². The zero-order chi connectivity index (χ0) is 28.0. The molecule has 6 heteroatoms. The molecule has 39 heavy (non-hydrogen) atoms. The minimum Gasteiger partial charge on any atom is -0.491 e. The third-order valence-electron chi connectivity index (χ3n) is 4.74. The van der Waals surface area contributed by atoms with E-state index in [2.05, 4.69) is 27.7 Å². The third kappa shape index (κ3) is 18.8. The van der Waals surface area contributed by atoms with Gasteiger partial charge < -0.3 is 28.4 Å². The fourth-order valence-corrected chi connectivity index (χ4v) is 2.61. The Morgan fingerprint density at radius 3 is 0.846 bits per heavy atom. The zero-order valence-electron chi connectivity index (χ0n) is 24.0. The monoisotopic (exact) mass is 538 g/mol. The van der Waals surface area contributed by atoms with Gasteiger partial charge in [0.05, 0.1) is 19.8 Å². The van der Waals surface area contributed by atoms with Gasteiger partial charge in [0.2, 0.25) is 0 Å². The lowest BCUT2D eigenvalue weighted by Crippen LogP contribution is -2.03. The SMILES string of the molecule is CCC.CCC.c1ccc(OCC2CO2)cc1.c1ccc(OCC2CO2)cc1.c1ccc(OCC2CO2)cc1. The van der Waals surface area contributed by atoms with Crippen LogP contribution in [0.5, 0.6) is 17.2 Å². The van der Waals surface area contributed by atoms with Crippen molar-refractivity contribution in [2.24, 2.45) is 0 Å². The van der Waals surface area contributed by atoms with Crippen LogP contribution in [-0.4, -0.2) is 58.0 Å². The molecule has 0 saturated carbocycles. The van der Waals surface area contributed by atoms with Crippen LogP contribution < -0.4 is 14.2 Å². The lowest BCUT2D eigenvalue weighted by molar-refractivity contribution is 0.263. The van der Waals surface area contributed by atoms with Gasteiger partial charge in [-0.25, -0.2) is 0 Å². The Balaban J connectivity index is 0.000000186. The molecular weight excluding hydrogens is 492 g/mol. The molecule has 3 saturated heterocycles. The van der Waals surface area contributed by atoms with Gasteiger partial charge in [0.25, 0.3) is 0 Å². The molecule has 3 aromatic rings. The van der Waals surface area contributed by atoms with Crippen molar-refractivity contribution in [3.8, 4) is 17.2 Å². The zero-order valence-corrected chi connectivity index (χ0v) is 24.0. The maximum absolute atomic E-state index is 5.40. The summed E-state index contributed by atoms with van der Waals surface area (Å²) in [5.41, 5.74) is 0. The van der Waals surface area contributed by atoms with E-state index < -0.39 is 0 Å². The lowest BCUT2D eigenvalue weighted by atomic mass is 10.3. The number of benzene rings is 3. The minimum absolute atomic E-state index is 0.343. The van der Waals surface area contributed by atoms with Crippen molar-refractivity contribution in [2.75, 3.05) is 39.6 Å². The van der Waals surface area contributed by atoms with Crippen LogP contribution >= 0.6 is 0 Å². The van der Waals surface area contributed by atoms with Gasteiger partial charge in [-0.2, -0.15) is 0 Å². The van der Waals surface area contributed by atoms with Gasteiger partial charge in [0, 0.05) is 0 Å². The van der Waals surface area contributed by atoms with Crippen LogP contribution in [-0.2, 0) is 14.2 Å². The standard InChI is InChI=1S/3C9H10O2.2C3H8/c3*1-2-4-8(5-3-1)10-6-9-7-11-9;2*1-3-2/h3*1-5,9H,6-7H2;2*3H2,1-2H3. The van der Waals surface area contributed by atoms with E-state index in [9.17, 15) is 0 Å². The van der Waals surface area contributed by atoms with Crippen LogP contribution in [0.4, 0.5) is 0 Å². The maximum Gasteiger partial charge on any atom is 0.119 e. The van der Waals surface area contributed by atoms with Crippen molar-refractivity contribution >= 4 is 0 Å². The van der Waals surface area contributed by atoms with E-state index in [1.165, 1.54) is 12.8 Å². The quantitative estimate of drug-likeness (QED) is 0.268. The van der Waals surface area contributed by atoms with Gasteiger partial charge in [-0.15, -0.1) is 0 Å². The van der Waals surface area contributed by atoms with Crippen molar-refractivity contribution in [2.45, 2.75) is 58.8 Å². The van der Waals surface area contributed by atoms with Gasteiger partial charge in [-0.3, -0.25) is 0 Å². The molecule has 0 amide bonds. The minimum atomic E-state index is 0.343. The van der Waals surface area contributed by atoms with Crippen LogP contribution in [0.2, 0.25) is 0 Å². The number of hydrogen-bond acceptors (Lipinski definition) is 6. The largest absolute Gasteiger partial charge is 0.491 e. The maximum atomic E-state index is 5.40. The normalized spacial score (nSPS) is 18.9. The van der Waals surface area contributed by atoms with E-state index in [0.29, 0.717) is 38.1 Å². The second-order valence-electron chi connectivity index (χ2n) is 9.15. The number of epoxide rings is 3. The topological polar surface area (TPSA) is 65.3 Å². The molecule has 0 aromatic heterocycles. The Morgan fingerprint density at radius 2 is 0.667 bits per heavy atom.